The second-order valence-corrected chi connectivity index (χ2v) is 10.3. The van der Waals surface area contributed by atoms with Crippen molar-refractivity contribution in [3.05, 3.63) is 59.9 Å². The summed E-state index contributed by atoms with van der Waals surface area (Å²) in [4.78, 5) is 15.3. The maximum atomic E-state index is 14.1. The van der Waals surface area contributed by atoms with Crippen molar-refractivity contribution in [1.82, 2.24) is 4.90 Å². The highest BCUT2D eigenvalue weighted by molar-refractivity contribution is 5.79. The van der Waals surface area contributed by atoms with Gasteiger partial charge in [0.25, 0.3) is 0 Å². The van der Waals surface area contributed by atoms with Crippen LogP contribution in [0.1, 0.15) is 56.9 Å². The first-order chi connectivity index (χ1) is 16.9. The van der Waals surface area contributed by atoms with Gasteiger partial charge in [-0.3, -0.25) is 4.79 Å². The van der Waals surface area contributed by atoms with E-state index in [0.29, 0.717) is 19.6 Å². The van der Waals surface area contributed by atoms with E-state index in [0.717, 1.165) is 68.2 Å². The van der Waals surface area contributed by atoms with Crippen molar-refractivity contribution < 1.29 is 19.0 Å². The number of nitrogens with zero attached hydrogens (tertiary/aromatic N) is 1. The molecule has 5 nitrogen and oxygen atoms in total. The molecule has 35 heavy (non-hydrogen) atoms. The lowest BCUT2D eigenvalue weighted by Crippen LogP contribution is -2.49. The van der Waals surface area contributed by atoms with Crippen LogP contribution in [0.4, 0.5) is 4.39 Å². The molecule has 2 aliphatic rings. The number of hydrogen-bond acceptors (Lipinski definition) is 4. The van der Waals surface area contributed by atoms with E-state index < -0.39 is 5.60 Å². The quantitative estimate of drug-likeness (QED) is 0.501. The molecule has 2 fully saturated rings. The second kappa shape index (κ2) is 11.6. The fraction of sp³-hybridized carbons (Fsp3) is 0.552. The molecule has 0 bridgehead atoms. The average molecular weight is 483 g/mol. The summed E-state index contributed by atoms with van der Waals surface area (Å²) in [6, 6.07) is 14.4. The third-order valence-electron chi connectivity index (χ3n) is 7.92. The highest BCUT2D eigenvalue weighted by Crippen LogP contribution is 2.44. The van der Waals surface area contributed by atoms with Crippen molar-refractivity contribution in [3.8, 4) is 11.1 Å². The van der Waals surface area contributed by atoms with E-state index in [1.54, 1.807) is 13.2 Å². The number of rotatable bonds is 9. The number of aliphatic hydroxyl groups is 1. The minimum Gasteiger partial charge on any atom is -0.385 e. The van der Waals surface area contributed by atoms with Gasteiger partial charge in [0, 0.05) is 44.7 Å². The van der Waals surface area contributed by atoms with Gasteiger partial charge in [-0.1, -0.05) is 36.4 Å². The first kappa shape index (κ1) is 25.8. The van der Waals surface area contributed by atoms with Crippen molar-refractivity contribution in [2.45, 2.75) is 63.0 Å². The number of likely N-dealkylation sites (tertiary alicyclic amines) is 1. The van der Waals surface area contributed by atoms with Crippen LogP contribution in [0.25, 0.3) is 11.1 Å². The summed E-state index contributed by atoms with van der Waals surface area (Å²) in [5.41, 5.74) is 7.34. The van der Waals surface area contributed by atoms with Gasteiger partial charge in [-0.15, -0.1) is 0 Å². The molecule has 1 heterocycles. The molecular formula is C29H39FN2O3. The summed E-state index contributed by atoms with van der Waals surface area (Å²) >= 11 is 0. The van der Waals surface area contributed by atoms with E-state index >= 15 is 0 Å². The number of unbranched alkanes of at least 4 members (excludes halogenated alkanes) is 1. The Kier molecular flexibility index (Phi) is 8.58. The summed E-state index contributed by atoms with van der Waals surface area (Å²) in [7, 11) is 1.69. The maximum absolute atomic E-state index is 14.1. The van der Waals surface area contributed by atoms with E-state index in [1.807, 2.05) is 35.2 Å². The molecule has 4 atom stereocenters. The van der Waals surface area contributed by atoms with Crippen LogP contribution in [0.3, 0.4) is 0 Å². The lowest BCUT2D eigenvalue weighted by Gasteiger charge is -2.44. The molecule has 1 saturated heterocycles. The number of hydrogen-bond donors (Lipinski definition) is 2. The molecule has 0 radical (unpaired) electrons. The third kappa shape index (κ3) is 5.93. The highest BCUT2D eigenvalue weighted by Gasteiger charge is 2.43. The number of nitrogens with two attached hydrogens (primary N) is 1. The van der Waals surface area contributed by atoms with Gasteiger partial charge in [-0.05, 0) is 80.2 Å². The van der Waals surface area contributed by atoms with E-state index in [-0.39, 0.29) is 29.6 Å². The molecule has 4 rings (SSSR count). The number of benzene rings is 2. The molecule has 3 N–H and O–H groups in total. The highest BCUT2D eigenvalue weighted by atomic mass is 19.1. The van der Waals surface area contributed by atoms with Crippen LogP contribution in [-0.2, 0) is 15.1 Å². The molecule has 1 saturated carbocycles. The number of methoxy groups -OCH3 is 1. The van der Waals surface area contributed by atoms with Crippen LogP contribution < -0.4 is 5.73 Å². The molecule has 2 aromatic carbocycles. The van der Waals surface area contributed by atoms with E-state index in [2.05, 4.69) is 0 Å². The van der Waals surface area contributed by atoms with Crippen LogP contribution in [-0.4, -0.2) is 48.8 Å². The van der Waals surface area contributed by atoms with Gasteiger partial charge in [0.1, 0.15) is 5.82 Å². The zero-order chi connectivity index (χ0) is 24.8. The monoisotopic (exact) mass is 482 g/mol. The molecule has 2 aromatic rings. The van der Waals surface area contributed by atoms with Gasteiger partial charge in [0.15, 0.2) is 0 Å². The number of piperidine rings is 1. The standard InChI is InChI=1S/C29H39FN2O3/c1-35-17-5-4-15-29(34,27-12-3-2-11-26(27)21-8-6-10-24(30)18-21)23-9-7-16-32(20-23)28(33)22-13-14-25(31)19-22/h2-3,6,8,10-12,18,22-23,25,34H,4-5,7,9,13-17,19-20,31H2,1H3/t22-,23-,25+,29+/m1/s1. The van der Waals surface area contributed by atoms with Gasteiger partial charge in [-0.2, -0.15) is 0 Å². The smallest absolute Gasteiger partial charge is 0.225 e. The van der Waals surface area contributed by atoms with E-state index in [1.165, 1.54) is 12.1 Å². The second-order valence-electron chi connectivity index (χ2n) is 10.3. The molecule has 0 spiro atoms. The number of halogens is 1. The lowest BCUT2D eigenvalue weighted by atomic mass is 9.72. The van der Waals surface area contributed by atoms with Crippen LogP contribution in [0, 0.1) is 17.7 Å². The average Bonchev–Trinajstić information content (AvgIpc) is 3.32. The Morgan fingerprint density at radius 2 is 2.00 bits per heavy atom. The molecule has 6 heteroatoms. The molecule has 1 aliphatic carbocycles. The molecule has 0 unspecified atom stereocenters. The topological polar surface area (TPSA) is 75.8 Å². The van der Waals surface area contributed by atoms with Crippen molar-refractivity contribution in [2.24, 2.45) is 17.6 Å². The number of amides is 1. The van der Waals surface area contributed by atoms with Crippen LogP contribution in [0.2, 0.25) is 0 Å². The number of ether oxygens (including phenoxy) is 1. The summed E-state index contributed by atoms with van der Waals surface area (Å²) in [6.07, 6.45) is 6.40. The van der Waals surface area contributed by atoms with Crippen molar-refractivity contribution in [3.63, 3.8) is 0 Å². The largest absolute Gasteiger partial charge is 0.385 e. The van der Waals surface area contributed by atoms with Gasteiger partial charge >= 0.3 is 0 Å². The zero-order valence-corrected chi connectivity index (χ0v) is 20.8. The molecule has 0 aromatic heterocycles. The zero-order valence-electron chi connectivity index (χ0n) is 20.8. The van der Waals surface area contributed by atoms with Gasteiger partial charge < -0.3 is 20.5 Å². The van der Waals surface area contributed by atoms with E-state index in [4.69, 9.17) is 10.5 Å². The summed E-state index contributed by atoms with van der Waals surface area (Å²) < 4.78 is 19.4. The lowest BCUT2D eigenvalue weighted by molar-refractivity contribution is -0.140. The predicted molar refractivity (Wildman–Crippen MR) is 136 cm³/mol. The predicted octanol–water partition coefficient (Wildman–Crippen LogP) is 4.86. The fourth-order valence-electron chi connectivity index (χ4n) is 6.03. The van der Waals surface area contributed by atoms with Crippen molar-refractivity contribution >= 4 is 5.91 Å². The number of carbonyl (C=O) groups is 1. The Morgan fingerprint density at radius 1 is 1.17 bits per heavy atom. The molecule has 190 valence electrons. The Balaban J connectivity index is 1.65. The molecular weight excluding hydrogens is 443 g/mol. The fourth-order valence-corrected chi connectivity index (χ4v) is 6.03. The summed E-state index contributed by atoms with van der Waals surface area (Å²) in [5, 5.41) is 12.4. The normalized spacial score (nSPS) is 24.3. The van der Waals surface area contributed by atoms with Crippen molar-refractivity contribution in [1.29, 1.82) is 0 Å². The van der Waals surface area contributed by atoms with Gasteiger partial charge in [0.2, 0.25) is 5.91 Å². The Labute approximate surface area is 208 Å². The van der Waals surface area contributed by atoms with Crippen molar-refractivity contribution in [2.75, 3.05) is 26.8 Å². The molecule has 1 aliphatic heterocycles. The molecule has 1 amide bonds. The van der Waals surface area contributed by atoms with Gasteiger partial charge in [0.05, 0.1) is 5.60 Å². The maximum Gasteiger partial charge on any atom is 0.225 e. The minimum absolute atomic E-state index is 0.00174. The Bertz CT molecular complexity index is 999. The minimum atomic E-state index is -1.14. The third-order valence-corrected chi connectivity index (χ3v) is 7.92. The van der Waals surface area contributed by atoms with Crippen LogP contribution >= 0.6 is 0 Å². The summed E-state index contributed by atoms with van der Waals surface area (Å²) in [6.45, 7) is 1.90. The van der Waals surface area contributed by atoms with Crippen LogP contribution in [0.15, 0.2) is 48.5 Å². The number of carbonyl (C=O) groups excluding carboxylic acids is 1. The van der Waals surface area contributed by atoms with E-state index in [9.17, 15) is 14.3 Å². The SMILES string of the molecule is COCCCC[C@@](O)(c1ccccc1-c1cccc(F)c1)[C@@H]1CCCN(C(=O)[C@@H]2CC[C@H](N)C2)C1. The Morgan fingerprint density at radius 3 is 2.74 bits per heavy atom. The Hall–Kier alpha value is -2.28. The van der Waals surface area contributed by atoms with Crippen LogP contribution in [0.5, 0.6) is 0 Å². The first-order valence-electron chi connectivity index (χ1n) is 13.0. The van der Waals surface area contributed by atoms with Gasteiger partial charge in [-0.25, -0.2) is 4.39 Å². The first-order valence-corrected chi connectivity index (χ1v) is 13.0. The summed E-state index contributed by atoms with van der Waals surface area (Å²) in [5.74, 6) is -0.224.